The summed E-state index contributed by atoms with van der Waals surface area (Å²) in [5.74, 6) is -0.944. The molecule has 2 aromatic rings. The summed E-state index contributed by atoms with van der Waals surface area (Å²) in [6.07, 6.45) is -5.24. The van der Waals surface area contributed by atoms with Crippen molar-refractivity contribution < 1.29 is 31.8 Å². The van der Waals surface area contributed by atoms with Crippen LogP contribution >= 0.6 is 0 Å². The Morgan fingerprint density at radius 1 is 1.14 bits per heavy atom. The SMILES string of the molecule is O=C(CCc1ccccc1OC(F)(F)F)N1CCOC(c2ccccc2F)C1. The van der Waals surface area contributed by atoms with Crippen molar-refractivity contribution in [3.05, 3.63) is 65.5 Å². The lowest BCUT2D eigenvalue weighted by Gasteiger charge is -2.33. The molecule has 150 valence electrons. The van der Waals surface area contributed by atoms with Gasteiger partial charge in [-0.15, -0.1) is 13.2 Å². The number of halogens is 4. The van der Waals surface area contributed by atoms with Gasteiger partial charge in [-0.2, -0.15) is 0 Å². The Kier molecular flexibility index (Phi) is 6.18. The molecule has 0 bridgehead atoms. The first-order valence-corrected chi connectivity index (χ1v) is 8.81. The molecule has 0 N–H and O–H groups in total. The first-order chi connectivity index (χ1) is 13.3. The van der Waals surface area contributed by atoms with Crippen LogP contribution in [0.5, 0.6) is 5.75 Å². The first-order valence-electron chi connectivity index (χ1n) is 8.81. The maximum absolute atomic E-state index is 14.0. The van der Waals surface area contributed by atoms with Gasteiger partial charge in [0.25, 0.3) is 0 Å². The number of nitrogens with zero attached hydrogens (tertiary/aromatic N) is 1. The number of amides is 1. The Morgan fingerprint density at radius 2 is 1.86 bits per heavy atom. The van der Waals surface area contributed by atoms with Crippen LogP contribution < -0.4 is 4.74 Å². The van der Waals surface area contributed by atoms with E-state index < -0.39 is 18.3 Å². The van der Waals surface area contributed by atoms with Crippen LogP contribution in [0, 0.1) is 5.82 Å². The second kappa shape index (κ2) is 8.60. The lowest BCUT2D eigenvalue weighted by molar-refractivity contribution is -0.274. The summed E-state index contributed by atoms with van der Waals surface area (Å²) in [4.78, 5) is 14.1. The van der Waals surface area contributed by atoms with Crippen molar-refractivity contribution in [1.29, 1.82) is 0 Å². The molecule has 0 spiro atoms. The number of morpholine rings is 1. The van der Waals surface area contributed by atoms with E-state index in [1.165, 1.54) is 24.3 Å². The van der Waals surface area contributed by atoms with Crippen molar-refractivity contribution in [3.8, 4) is 5.75 Å². The van der Waals surface area contributed by atoms with E-state index in [1.807, 2.05) is 0 Å². The van der Waals surface area contributed by atoms with Gasteiger partial charge < -0.3 is 14.4 Å². The Hall–Kier alpha value is -2.61. The monoisotopic (exact) mass is 397 g/mol. The maximum atomic E-state index is 14.0. The first kappa shape index (κ1) is 20.1. The van der Waals surface area contributed by atoms with E-state index in [2.05, 4.69) is 4.74 Å². The van der Waals surface area contributed by atoms with Gasteiger partial charge in [0.2, 0.25) is 5.91 Å². The molecular formula is C20H19F4NO3. The molecule has 1 aliphatic heterocycles. The predicted octanol–water partition coefficient (Wildman–Crippen LogP) is 4.26. The summed E-state index contributed by atoms with van der Waals surface area (Å²) in [5.41, 5.74) is 0.677. The van der Waals surface area contributed by atoms with Crippen molar-refractivity contribution in [1.82, 2.24) is 4.90 Å². The van der Waals surface area contributed by atoms with Crippen LogP contribution in [0.4, 0.5) is 17.6 Å². The summed E-state index contributed by atoms with van der Waals surface area (Å²) in [6, 6.07) is 12.0. The van der Waals surface area contributed by atoms with Gasteiger partial charge in [0.05, 0.1) is 13.2 Å². The van der Waals surface area contributed by atoms with Crippen molar-refractivity contribution in [3.63, 3.8) is 0 Å². The Balaban J connectivity index is 1.62. The number of ether oxygens (including phenoxy) is 2. The van der Waals surface area contributed by atoms with E-state index in [0.717, 1.165) is 0 Å². The fourth-order valence-corrected chi connectivity index (χ4v) is 3.13. The number of hydrogen-bond acceptors (Lipinski definition) is 3. The average molecular weight is 397 g/mol. The molecule has 4 nitrogen and oxygen atoms in total. The van der Waals surface area contributed by atoms with Gasteiger partial charge in [-0.05, 0) is 24.1 Å². The van der Waals surface area contributed by atoms with E-state index in [4.69, 9.17) is 4.74 Å². The van der Waals surface area contributed by atoms with Gasteiger partial charge in [-0.1, -0.05) is 36.4 Å². The fraction of sp³-hybridized carbons (Fsp3) is 0.350. The molecule has 0 saturated carbocycles. The van der Waals surface area contributed by atoms with Crippen LogP contribution in [-0.4, -0.2) is 36.9 Å². The molecule has 1 saturated heterocycles. The lowest BCUT2D eigenvalue weighted by atomic mass is 10.1. The molecule has 2 aromatic carbocycles. The Labute approximate surface area is 159 Å². The van der Waals surface area contributed by atoms with Crippen LogP contribution in [0.3, 0.4) is 0 Å². The van der Waals surface area contributed by atoms with Crippen LogP contribution in [0.1, 0.15) is 23.7 Å². The molecular weight excluding hydrogens is 378 g/mol. The maximum Gasteiger partial charge on any atom is 0.573 e. The molecule has 0 radical (unpaired) electrons. The van der Waals surface area contributed by atoms with E-state index >= 15 is 0 Å². The third-order valence-corrected chi connectivity index (χ3v) is 4.48. The molecule has 1 amide bonds. The third-order valence-electron chi connectivity index (χ3n) is 4.48. The summed E-state index contributed by atoms with van der Waals surface area (Å²) in [6.45, 7) is 0.809. The number of hydrogen-bond donors (Lipinski definition) is 0. The topological polar surface area (TPSA) is 38.8 Å². The molecule has 1 heterocycles. The van der Waals surface area contributed by atoms with Gasteiger partial charge >= 0.3 is 6.36 Å². The van der Waals surface area contributed by atoms with Crippen molar-refractivity contribution in [2.45, 2.75) is 25.3 Å². The smallest absolute Gasteiger partial charge is 0.406 e. The van der Waals surface area contributed by atoms with Gasteiger partial charge in [0.15, 0.2) is 0 Å². The average Bonchev–Trinajstić information content (AvgIpc) is 2.66. The van der Waals surface area contributed by atoms with Crippen LogP contribution in [0.2, 0.25) is 0 Å². The van der Waals surface area contributed by atoms with E-state index in [-0.39, 0.29) is 37.6 Å². The Morgan fingerprint density at radius 3 is 2.61 bits per heavy atom. The summed E-state index contributed by atoms with van der Waals surface area (Å²) in [7, 11) is 0. The van der Waals surface area contributed by atoms with Crippen LogP contribution in [0.25, 0.3) is 0 Å². The number of benzene rings is 2. The molecule has 1 fully saturated rings. The molecule has 0 aromatic heterocycles. The third kappa shape index (κ3) is 5.22. The van der Waals surface area contributed by atoms with Crippen molar-refractivity contribution >= 4 is 5.91 Å². The highest BCUT2D eigenvalue weighted by molar-refractivity contribution is 5.76. The molecule has 28 heavy (non-hydrogen) atoms. The zero-order valence-electron chi connectivity index (χ0n) is 14.9. The molecule has 8 heteroatoms. The zero-order chi connectivity index (χ0) is 20.1. The summed E-state index contributed by atoms with van der Waals surface area (Å²) >= 11 is 0. The summed E-state index contributed by atoms with van der Waals surface area (Å²) in [5, 5.41) is 0. The normalized spacial score (nSPS) is 17.4. The van der Waals surface area contributed by atoms with E-state index in [9.17, 15) is 22.4 Å². The number of carbonyl (C=O) groups excluding carboxylic acids is 1. The molecule has 1 aliphatic rings. The van der Waals surface area contributed by atoms with E-state index in [1.54, 1.807) is 29.2 Å². The van der Waals surface area contributed by atoms with Crippen LogP contribution in [-0.2, 0) is 16.0 Å². The number of carbonyl (C=O) groups is 1. The minimum atomic E-state index is -4.79. The number of para-hydroxylation sites is 1. The lowest BCUT2D eigenvalue weighted by Crippen LogP contribution is -2.42. The van der Waals surface area contributed by atoms with Gasteiger partial charge in [0.1, 0.15) is 17.7 Å². The van der Waals surface area contributed by atoms with Gasteiger partial charge in [0, 0.05) is 18.5 Å². The standard InChI is InChI=1S/C20H19F4NO3/c21-16-7-3-2-6-15(16)18-13-25(11-12-27-18)19(26)10-9-14-5-1-4-8-17(14)28-20(22,23)24/h1-8,18H,9-13H2. The van der Waals surface area contributed by atoms with E-state index in [0.29, 0.717) is 17.7 Å². The molecule has 1 atom stereocenters. The predicted molar refractivity (Wildman–Crippen MR) is 93.1 cm³/mol. The van der Waals surface area contributed by atoms with Gasteiger partial charge in [-0.3, -0.25) is 4.79 Å². The number of aryl methyl sites for hydroxylation is 1. The molecule has 0 aliphatic carbocycles. The highest BCUT2D eigenvalue weighted by Gasteiger charge is 2.32. The fourth-order valence-electron chi connectivity index (χ4n) is 3.13. The highest BCUT2D eigenvalue weighted by Crippen LogP contribution is 2.28. The quantitative estimate of drug-likeness (QED) is 0.708. The number of alkyl halides is 3. The van der Waals surface area contributed by atoms with Crippen LogP contribution in [0.15, 0.2) is 48.5 Å². The van der Waals surface area contributed by atoms with Crippen molar-refractivity contribution in [2.75, 3.05) is 19.7 Å². The second-order valence-corrected chi connectivity index (χ2v) is 6.38. The second-order valence-electron chi connectivity index (χ2n) is 6.38. The molecule has 3 rings (SSSR count). The van der Waals surface area contributed by atoms with Gasteiger partial charge in [-0.25, -0.2) is 4.39 Å². The zero-order valence-corrected chi connectivity index (χ0v) is 14.9. The Bertz CT molecular complexity index is 825. The highest BCUT2D eigenvalue weighted by atomic mass is 19.4. The number of rotatable bonds is 5. The minimum Gasteiger partial charge on any atom is -0.406 e. The largest absolute Gasteiger partial charge is 0.573 e. The van der Waals surface area contributed by atoms with Crippen molar-refractivity contribution in [2.24, 2.45) is 0 Å². The molecule has 1 unspecified atom stereocenters. The summed E-state index contributed by atoms with van der Waals surface area (Å²) < 4.78 is 61.1. The minimum absolute atomic E-state index is 0.0161.